The van der Waals surface area contributed by atoms with Gasteiger partial charge in [0.25, 0.3) is 0 Å². The van der Waals surface area contributed by atoms with Gasteiger partial charge in [0.15, 0.2) is 6.10 Å². The number of ether oxygens (including phenoxy) is 2. The molecule has 3 N–H and O–H groups in total. The second kappa shape index (κ2) is 28.5. The quantitative estimate of drug-likeness (QED) is 0.0333. The lowest BCUT2D eigenvalue weighted by Crippen LogP contribution is -2.29. The maximum Gasteiger partial charge on any atom is 0.472 e. The van der Waals surface area contributed by atoms with Gasteiger partial charge in [-0.15, -0.1) is 0 Å². The van der Waals surface area contributed by atoms with E-state index in [1.165, 1.54) is 51.4 Å². The van der Waals surface area contributed by atoms with Crippen molar-refractivity contribution < 1.29 is 47.8 Å². The van der Waals surface area contributed by atoms with Crippen LogP contribution in [0.1, 0.15) is 136 Å². The fourth-order valence-corrected chi connectivity index (χ4v) is 4.89. The van der Waals surface area contributed by atoms with E-state index in [1.54, 1.807) is 0 Å². The molecule has 3 atom stereocenters. The van der Waals surface area contributed by atoms with Crippen LogP contribution in [0, 0.1) is 0 Å². The maximum atomic E-state index is 12.4. The van der Waals surface area contributed by atoms with Crippen LogP contribution in [0.3, 0.4) is 0 Å². The van der Waals surface area contributed by atoms with Gasteiger partial charge in [0, 0.05) is 12.8 Å². The number of hydrogen-bond acceptors (Lipinski definition) is 9. The Morgan fingerprint density at radius 3 is 1.74 bits per heavy atom. The van der Waals surface area contributed by atoms with Gasteiger partial charge in [0.05, 0.1) is 19.8 Å². The van der Waals surface area contributed by atoms with E-state index in [0.717, 1.165) is 44.9 Å². The number of phosphoric ester groups is 1. The van der Waals surface area contributed by atoms with E-state index in [9.17, 15) is 24.2 Å². The predicted molar refractivity (Wildman–Crippen MR) is 164 cm³/mol. The molecule has 0 aliphatic heterocycles. The SMILES string of the molecule is CCCCCC/C=C\CCCCCCCCCC(=O)O[C@H](COC(=O)CCCCCC)COP(=O)(O)OC[C@@H](O)CO. The molecule has 0 aromatic heterocycles. The third-order valence-electron chi connectivity index (χ3n) is 6.67. The van der Waals surface area contributed by atoms with Gasteiger partial charge in [0.2, 0.25) is 0 Å². The molecule has 0 aromatic rings. The predicted octanol–water partition coefficient (Wildman–Crippen LogP) is 6.94. The number of allylic oxidation sites excluding steroid dienone is 2. The Labute approximate surface area is 254 Å². The van der Waals surface area contributed by atoms with Crippen LogP contribution >= 0.6 is 7.82 Å². The minimum atomic E-state index is -4.59. The molecule has 0 bridgehead atoms. The Morgan fingerprint density at radius 1 is 0.690 bits per heavy atom. The first-order valence-electron chi connectivity index (χ1n) is 16.1. The second-order valence-corrected chi connectivity index (χ2v) is 12.3. The summed E-state index contributed by atoms with van der Waals surface area (Å²) < 4.78 is 32.2. The van der Waals surface area contributed by atoms with Crippen LogP contribution in [-0.4, -0.2) is 65.7 Å². The lowest BCUT2D eigenvalue weighted by Gasteiger charge is -2.20. The van der Waals surface area contributed by atoms with Crippen molar-refractivity contribution in [1.29, 1.82) is 0 Å². The summed E-state index contributed by atoms with van der Waals surface area (Å²) in [5.74, 6) is -0.950. The molecule has 0 fully saturated rings. The number of unbranched alkanes of at least 4 members (excludes halogenated alkanes) is 14. The van der Waals surface area contributed by atoms with Gasteiger partial charge in [0.1, 0.15) is 12.7 Å². The van der Waals surface area contributed by atoms with E-state index in [4.69, 9.17) is 19.1 Å². The molecule has 0 saturated carbocycles. The van der Waals surface area contributed by atoms with Gasteiger partial charge in [-0.1, -0.05) is 96.6 Å². The smallest absolute Gasteiger partial charge is 0.462 e. The average molecular weight is 623 g/mol. The fourth-order valence-electron chi connectivity index (χ4n) is 4.10. The van der Waals surface area contributed by atoms with E-state index in [0.29, 0.717) is 12.8 Å². The molecule has 0 saturated heterocycles. The van der Waals surface area contributed by atoms with E-state index < -0.39 is 51.8 Å². The largest absolute Gasteiger partial charge is 0.472 e. The van der Waals surface area contributed by atoms with E-state index in [2.05, 4.69) is 30.5 Å². The Kier molecular flexibility index (Phi) is 27.6. The molecule has 0 spiro atoms. The van der Waals surface area contributed by atoms with Gasteiger partial charge in [-0.3, -0.25) is 18.6 Å². The summed E-state index contributed by atoms with van der Waals surface area (Å²) in [6.07, 6.45) is 21.1. The number of carbonyl (C=O) groups excluding carboxylic acids is 2. The normalized spacial score (nSPS) is 14.5. The van der Waals surface area contributed by atoms with Gasteiger partial charge in [-0.2, -0.15) is 0 Å². The van der Waals surface area contributed by atoms with E-state index >= 15 is 0 Å². The molecule has 10 nitrogen and oxygen atoms in total. The number of hydrogen-bond donors (Lipinski definition) is 3. The van der Waals surface area contributed by atoms with Crippen LogP contribution in [0.5, 0.6) is 0 Å². The van der Waals surface area contributed by atoms with E-state index in [-0.39, 0.29) is 19.4 Å². The molecule has 0 aliphatic carbocycles. The molecule has 0 radical (unpaired) electrons. The maximum absolute atomic E-state index is 12.4. The zero-order chi connectivity index (χ0) is 31.3. The number of phosphoric acid groups is 1. The molecule has 0 rings (SSSR count). The molecule has 0 amide bonds. The number of carbonyl (C=O) groups is 2. The number of aliphatic hydroxyl groups excluding tert-OH is 2. The van der Waals surface area contributed by atoms with Gasteiger partial charge in [-0.25, -0.2) is 4.57 Å². The topological polar surface area (TPSA) is 149 Å². The summed E-state index contributed by atoms with van der Waals surface area (Å²) in [6.45, 7) is 2.19. The molecular formula is C31H59O10P. The summed E-state index contributed by atoms with van der Waals surface area (Å²) in [4.78, 5) is 34.3. The zero-order valence-electron chi connectivity index (χ0n) is 26.2. The summed E-state index contributed by atoms with van der Waals surface area (Å²) in [7, 11) is -4.59. The van der Waals surface area contributed by atoms with Crippen molar-refractivity contribution in [3.63, 3.8) is 0 Å². The number of rotatable bonds is 30. The lowest BCUT2D eigenvalue weighted by molar-refractivity contribution is -0.161. The minimum Gasteiger partial charge on any atom is -0.462 e. The standard InChI is InChI=1S/C31H59O10P/c1-3-5-7-9-10-11-12-13-14-15-16-17-18-19-21-23-31(35)41-29(26-38-30(34)22-20-8-6-4-2)27-40-42(36,37)39-25-28(33)24-32/h11-12,28-29,32-33H,3-10,13-27H2,1-2H3,(H,36,37)/b12-11-/t28-,29+/m0/s1. The number of aliphatic hydroxyl groups is 2. The lowest BCUT2D eigenvalue weighted by atomic mass is 10.1. The van der Waals surface area contributed by atoms with Crippen LogP contribution in [0.25, 0.3) is 0 Å². The first kappa shape index (κ1) is 40.7. The van der Waals surface area contributed by atoms with Crippen LogP contribution < -0.4 is 0 Å². The van der Waals surface area contributed by atoms with Gasteiger partial charge < -0.3 is 24.6 Å². The van der Waals surface area contributed by atoms with Crippen molar-refractivity contribution in [3.8, 4) is 0 Å². The highest BCUT2D eigenvalue weighted by molar-refractivity contribution is 7.47. The Bertz CT molecular complexity index is 731. The number of esters is 2. The van der Waals surface area contributed by atoms with Crippen molar-refractivity contribution in [2.24, 2.45) is 0 Å². The van der Waals surface area contributed by atoms with Gasteiger partial charge in [-0.05, 0) is 38.5 Å². The molecule has 248 valence electrons. The summed E-state index contributed by atoms with van der Waals surface area (Å²) in [5.41, 5.74) is 0. The van der Waals surface area contributed by atoms with Crippen molar-refractivity contribution in [2.75, 3.05) is 26.4 Å². The summed E-state index contributed by atoms with van der Waals surface area (Å²) >= 11 is 0. The highest BCUT2D eigenvalue weighted by atomic mass is 31.2. The highest BCUT2D eigenvalue weighted by Crippen LogP contribution is 2.43. The monoisotopic (exact) mass is 622 g/mol. The van der Waals surface area contributed by atoms with Crippen LogP contribution in [-0.2, 0) is 32.7 Å². The third kappa shape index (κ3) is 27.5. The first-order chi connectivity index (χ1) is 20.2. The minimum absolute atomic E-state index is 0.181. The Balaban J connectivity index is 4.30. The molecule has 1 unspecified atom stereocenters. The van der Waals surface area contributed by atoms with Crippen LogP contribution in [0.15, 0.2) is 12.2 Å². The Hall–Kier alpha value is -1.29. The molecule has 11 heteroatoms. The van der Waals surface area contributed by atoms with Crippen molar-refractivity contribution in [1.82, 2.24) is 0 Å². The average Bonchev–Trinajstić information content (AvgIpc) is 2.97. The summed E-state index contributed by atoms with van der Waals surface area (Å²) in [5, 5.41) is 18.1. The van der Waals surface area contributed by atoms with Gasteiger partial charge >= 0.3 is 19.8 Å². The van der Waals surface area contributed by atoms with Crippen LogP contribution in [0.4, 0.5) is 0 Å². The van der Waals surface area contributed by atoms with E-state index in [1.807, 2.05) is 0 Å². The van der Waals surface area contributed by atoms with Crippen LogP contribution in [0.2, 0.25) is 0 Å². The third-order valence-corrected chi connectivity index (χ3v) is 7.62. The zero-order valence-corrected chi connectivity index (χ0v) is 27.1. The van der Waals surface area contributed by atoms with Crippen molar-refractivity contribution in [3.05, 3.63) is 12.2 Å². The van der Waals surface area contributed by atoms with Crippen molar-refractivity contribution in [2.45, 2.75) is 148 Å². The second-order valence-electron chi connectivity index (χ2n) is 10.8. The fraction of sp³-hybridized carbons (Fsp3) is 0.871. The molecular weight excluding hydrogens is 563 g/mol. The molecule has 0 heterocycles. The highest BCUT2D eigenvalue weighted by Gasteiger charge is 2.27. The van der Waals surface area contributed by atoms with Crippen molar-refractivity contribution >= 4 is 19.8 Å². The molecule has 0 aromatic carbocycles. The summed E-state index contributed by atoms with van der Waals surface area (Å²) in [6, 6.07) is 0. The first-order valence-corrected chi connectivity index (χ1v) is 17.6. The molecule has 42 heavy (non-hydrogen) atoms. The Morgan fingerprint density at radius 2 is 1.17 bits per heavy atom. The molecule has 0 aliphatic rings.